The average Bonchev–Trinajstić information content (AvgIpc) is 3.23. The van der Waals surface area contributed by atoms with Crippen molar-refractivity contribution >= 4 is 17.0 Å². The number of H-pyrrole nitrogens is 1. The zero-order valence-electron chi connectivity index (χ0n) is 11.9. The number of amides is 1. The van der Waals surface area contributed by atoms with Gasteiger partial charge in [0.15, 0.2) is 17.7 Å². The van der Waals surface area contributed by atoms with Crippen LogP contribution in [-0.2, 0) is 0 Å². The third-order valence-corrected chi connectivity index (χ3v) is 3.60. The van der Waals surface area contributed by atoms with Gasteiger partial charge in [-0.3, -0.25) is 4.79 Å². The number of carbonyl (C=O) groups excluding carboxylic acids is 1. The second-order valence-corrected chi connectivity index (χ2v) is 5.00. The highest BCUT2D eigenvalue weighted by atomic mass is 16.3. The van der Waals surface area contributed by atoms with Crippen LogP contribution in [0.1, 0.15) is 10.5 Å². The van der Waals surface area contributed by atoms with Crippen molar-refractivity contribution < 1.29 is 9.21 Å². The van der Waals surface area contributed by atoms with Crippen LogP contribution in [0, 0.1) is 0 Å². The topological polar surface area (TPSA) is 111 Å². The lowest BCUT2D eigenvalue weighted by Crippen LogP contribution is -2.12. The van der Waals surface area contributed by atoms with E-state index in [9.17, 15) is 4.79 Å². The molecule has 2 aromatic carbocycles. The number of hydrogen-bond acceptors (Lipinski definition) is 5. The Morgan fingerprint density at radius 2 is 1.74 bits per heavy atom. The van der Waals surface area contributed by atoms with E-state index in [4.69, 9.17) is 10.2 Å². The molecule has 0 unspecified atom stereocenters. The summed E-state index contributed by atoms with van der Waals surface area (Å²) in [7, 11) is 0. The SMILES string of the molecule is NC(=O)c1n[nH]nc1-c1ccc(-c2ccc3ocnc3c2)cc1. The predicted octanol–water partition coefficient (Wildman–Crippen LogP) is 2.38. The number of aromatic nitrogens is 4. The van der Waals surface area contributed by atoms with Gasteiger partial charge in [0, 0.05) is 5.56 Å². The molecule has 0 bridgehead atoms. The molecule has 1 amide bonds. The number of oxazole rings is 1. The van der Waals surface area contributed by atoms with E-state index in [0.717, 1.165) is 27.8 Å². The van der Waals surface area contributed by atoms with E-state index in [1.165, 1.54) is 6.39 Å². The Morgan fingerprint density at radius 3 is 2.52 bits per heavy atom. The molecule has 4 aromatic rings. The van der Waals surface area contributed by atoms with Crippen LogP contribution in [0.5, 0.6) is 0 Å². The number of nitrogens with one attached hydrogen (secondary N) is 1. The zero-order valence-corrected chi connectivity index (χ0v) is 11.9. The maximum atomic E-state index is 11.3. The third kappa shape index (κ3) is 2.24. The van der Waals surface area contributed by atoms with Gasteiger partial charge in [-0.05, 0) is 23.3 Å². The number of rotatable bonds is 3. The zero-order chi connectivity index (χ0) is 15.8. The number of hydrogen-bond donors (Lipinski definition) is 2. The first-order chi connectivity index (χ1) is 11.2. The molecule has 0 saturated carbocycles. The predicted molar refractivity (Wildman–Crippen MR) is 83.3 cm³/mol. The number of carbonyl (C=O) groups is 1. The number of nitrogens with two attached hydrogens (primary N) is 1. The molecular formula is C16H11N5O2. The van der Waals surface area contributed by atoms with Crippen molar-refractivity contribution in [1.82, 2.24) is 20.4 Å². The average molecular weight is 305 g/mol. The van der Waals surface area contributed by atoms with Gasteiger partial charge in [0.1, 0.15) is 11.2 Å². The van der Waals surface area contributed by atoms with Crippen LogP contribution in [0.25, 0.3) is 33.5 Å². The van der Waals surface area contributed by atoms with Gasteiger partial charge in [0.05, 0.1) is 0 Å². The summed E-state index contributed by atoms with van der Waals surface area (Å²) in [6, 6.07) is 13.4. The van der Waals surface area contributed by atoms with Crippen molar-refractivity contribution in [1.29, 1.82) is 0 Å². The van der Waals surface area contributed by atoms with E-state index in [1.54, 1.807) is 0 Å². The lowest BCUT2D eigenvalue weighted by molar-refractivity contribution is 0.0996. The van der Waals surface area contributed by atoms with E-state index >= 15 is 0 Å². The molecule has 2 heterocycles. The maximum absolute atomic E-state index is 11.3. The minimum Gasteiger partial charge on any atom is -0.443 e. The normalized spacial score (nSPS) is 11.0. The van der Waals surface area contributed by atoms with Crippen LogP contribution in [0.2, 0.25) is 0 Å². The minimum atomic E-state index is -0.616. The van der Waals surface area contributed by atoms with E-state index in [2.05, 4.69) is 20.4 Å². The van der Waals surface area contributed by atoms with Gasteiger partial charge >= 0.3 is 0 Å². The molecule has 0 radical (unpaired) electrons. The van der Waals surface area contributed by atoms with Gasteiger partial charge in [-0.1, -0.05) is 30.3 Å². The summed E-state index contributed by atoms with van der Waals surface area (Å²) >= 11 is 0. The highest BCUT2D eigenvalue weighted by Gasteiger charge is 2.15. The summed E-state index contributed by atoms with van der Waals surface area (Å²) in [6.45, 7) is 0. The Balaban J connectivity index is 1.72. The highest BCUT2D eigenvalue weighted by Crippen LogP contribution is 2.27. The van der Waals surface area contributed by atoms with Crippen LogP contribution in [0.15, 0.2) is 53.3 Å². The second kappa shape index (κ2) is 5.06. The van der Waals surface area contributed by atoms with Crippen molar-refractivity contribution in [3.8, 4) is 22.4 Å². The molecule has 0 saturated heterocycles. The monoisotopic (exact) mass is 305 g/mol. The molecule has 0 spiro atoms. The molecule has 0 atom stereocenters. The van der Waals surface area contributed by atoms with Crippen molar-refractivity contribution in [3.05, 3.63) is 54.6 Å². The van der Waals surface area contributed by atoms with Gasteiger partial charge in [0.25, 0.3) is 5.91 Å². The van der Waals surface area contributed by atoms with E-state index in [1.807, 2.05) is 42.5 Å². The van der Waals surface area contributed by atoms with Gasteiger partial charge in [0.2, 0.25) is 0 Å². The number of benzene rings is 2. The Kier molecular flexibility index (Phi) is 2.90. The molecule has 112 valence electrons. The summed E-state index contributed by atoms with van der Waals surface area (Å²) in [6.07, 6.45) is 1.42. The van der Waals surface area contributed by atoms with Crippen LogP contribution in [0.4, 0.5) is 0 Å². The lowest BCUT2D eigenvalue weighted by atomic mass is 10.0. The first-order valence-electron chi connectivity index (χ1n) is 6.87. The van der Waals surface area contributed by atoms with Gasteiger partial charge in [-0.15, -0.1) is 0 Å². The third-order valence-electron chi connectivity index (χ3n) is 3.60. The van der Waals surface area contributed by atoms with E-state index in [-0.39, 0.29) is 5.69 Å². The quantitative estimate of drug-likeness (QED) is 0.603. The number of fused-ring (bicyclic) bond motifs is 1. The molecule has 0 fully saturated rings. The number of nitrogens with zero attached hydrogens (tertiary/aromatic N) is 3. The van der Waals surface area contributed by atoms with Gasteiger partial charge < -0.3 is 10.2 Å². The Labute approximate surface area is 130 Å². The summed E-state index contributed by atoms with van der Waals surface area (Å²) in [5.41, 5.74) is 10.2. The summed E-state index contributed by atoms with van der Waals surface area (Å²) in [4.78, 5) is 15.5. The summed E-state index contributed by atoms with van der Waals surface area (Å²) in [5, 5.41) is 10.2. The molecule has 0 aliphatic carbocycles. The van der Waals surface area contributed by atoms with Crippen LogP contribution in [0.3, 0.4) is 0 Å². The summed E-state index contributed by atoms with van der Waals surface area (Å²) < 4.78 is 5.24. The molecule has 0 aliphatic heterocycles. The molecule has 0 aliphatic rings. The standard InChI is InChI=1S/C16H11N5O2/c17-16(22)15-14(19-21-20-15)10-3-1-9(2-4-10)11-5-6-13-12(7-11)18-8-23-13/h1-8H,(H2,17,22)(H,19,20,21). The van der Waals surface area contributed by atoms with Gasteiger partial charge in [-0.25, -0.2) is 4.98 Å². The Bertz CT molecular complexity index is 1000. The van der Waals surface area contributed by atoms with E-state index < -0.39 is 5.91 Å². The van der Waals surface area contributed by atoms with Gasteiger partial charge in [-0.2, -0.15) is 15.4 Å². The molecule has 23 heavy (non-hydrogen) atoms. The minimum absolute atomic E-state index is 0.127. The number of primary amides is 1. The van der Waals surface area contributed by atoms with Crippen LogP contribution in [-0.4, -0.2) is 26.3 Å². The molecule has 4 rings (SSSR count). The second-order valence-electron chi connectivity index (χ2n) is 5.00. The molecule has 2 aromatic heterocycles. The smallest absolute Gasteiger partial charge is 0.271 e. The van der Waals surface area contributed by atoms with E-state index in [0.29, 0.717) is 5.69 Å². The highest BCUT2D eigenvalue weighted by molar-refractivity contribution is 5.96. The van der Waals surface area contributed by atoms with Crippen molar-refractivity contribution in [2.24, 2.45) is 5.73 Å². The molecule has 3 N–H and O–H groups in total. The number of aromatic amines is 1. The van der Waals surface area contributed by atoms with Crippen LogP contribution < -0.4 is 5.73 Å². The van der Waals surface area contributed by atoms with Crippen LogP contribution >= 0.6 is 0 Å². The fraction of sp³-hybridized carbons (Fsp3) is 0. The summed E-state index contributed by atoms with van der Waals surface area (Å²) in [5.74, 6) is -0.616. The Morgan fingerprint density at radius 1 is 1.00 bits per heavy atom. The first kappa shape index (κ1) is 13.2. The van der Waals surface area contributed by atoms with Crippen molar-refractivity contribution in [2.45, 2.75) is 0 Å². The molecule has 7 heteroatoms. The maximum Gasteiger partial charge on any atom is 0.271 e. The lowest BCUT2D eigenvalue weighted by Gasteiger charge is -2.03. The fourth-order valence-corrected chi connectivity index (χ4v) is 2.46. The van der Waals surface area contributed by atoms with Crippen molar-refractivity contribution in [3.63, 3.8) is 0 Å². The molecule has 7 nitrogen and oxygen atoms in total. The van der Waals surface area contributed by atoms with Crippen molar-refractivity contribution in [2.75, 3.05) is 0 Å². The fourth-order valence-electron chi connectivity index (χ4n) is 2.46. The largest absolute Gasteiger partial charge is 0.443 e. The molecular weight excluding hydrogens is 294 g/mol. The first-order valence-corrected chi connectivity index (χ1v) is 6.87. The Hall–Kier alpha value is -3.48.